The number of hydrogen-bond donors (Lipinski definition) is 1. The summed E-state index contributed by atoms with van der Waals surface area (Å²) in [7, 11) is 0. The second kappa shape index (κ2) is 32.3. The number of aromatic amines is 1. The van der Waals surface area contributed by atoms with Crippen LogP contribution in [-0.2, 0) is 14.3 Å². The van der Waals surface area contributed by atoms with Crippen LogP contribution >= 0.6 is 11.3 Å². The number of unbranched alkanes of at least 4 members (excludes halogenated alkanes) is 4. The van der Waals surface area contributed by atoms with Crippen LogP contribution < -0.4 is 0 Å². The first kappa shape index (κ1) is 47.8. The van der Waals surface area contributed by atoms with Crippen molar-refractivity contribution < 1.29 is 19.2 Å². The van der Waals surface area contributed by atoms with E-state index in [0.717, 1.165) is 78.3 Å². The van der Waals surface area contributed by atoms with Crippen molar-refractivity contribution in [3.05, 3.63) is 61.4 Å². The molecule has 8 nitrogen and oxygen atoms in total. The van der Waals surface area contributed by atoms with Crippen molar-refractivity contribution in [1.82, 2.24) is 9.97 Å². The number of aromatic nitrogens is 2. The number of H-pyrrole nitrogens is 1. The van der Waals surface area contributed by atoms with Crippen LogP contribution in [0.2, 0.25) is 0 Å². The molecule has 0 saturated carbocycles. The molecule has 264 valence electrons. The van der Waals surface area contributed by atoms with Gasteiger partial charge in [-0.25, -0.2) is 4.98 Å². The quantitative estimate of drug-likeness (QED) is 0.0383. The molecule has 47 heavy (non-hydrogen) atoms. The first-order valence-electron chi connectivity index (χ1n) is 16.8. The van der Waals surface area contributed by atoms with E-state index in [4.69, 9.17) is 20.9 Å². The van der Waals surface area contributed by atoms with Gasteiger partial charge in [-0.2, -0.15) is 0 Å². The van der Waals surface area contributed by atoms with Gasteiger partial charge in [0.1, 0.15) is 11.3 Å². The average molecular weight is 672 g/mol. The van der Waals surface area contributed by atoms with E-state index in [9.17, 15) is 14.9 Å². The van der Waals surface area contributed by atoms with Crippen LogP contribution in [0.15, 0.2) is 35.0 Å². The Kier molecular flexibility index (Phi) is 32.9. The Balaban J connectivity index is -0.000000839. The highest BCUT2D eigenvalue weighted by Gasteiger charge is 2.15. The predicted molar refractivity (Wildman–Crippen MR) is 202 cm³/mol. The number of nitro groups is 1. The fourth-order valence-electron chi connectivity index (χ4n) is 3.55. The topological polar surface area (TPSA) is 115 Å². The van der Waals surface area contributed by atoms with Crippen molar-refractivity contribution in [2.45, 2.75) is 128 Å². The van der Waals surface area contributed by atoms with E-state index >= 15 is 0 Å². The largest absolute Gasteiger partial charge is 0.381 e. The molecule has 0 fully saturated rings. The number of allylic oxidation sites excluding steroid dienone is 5. The summed E-state index contributed by atoms with van der Waals surface area (Å²) < 4.78 is 5.33. The molecule has 0 radical (unpaired) electrons. The van der Waals surface area contributed by atoms with Crippen LogP contribution in [0.4, 0.5) is 0 Å². The smallest absolute Gasteiger partial charge is 0.243 e. The number of thiazole rings is 1. The zero-order chi connectivity index (χ0) is 36.6. The van der Waals surface area contributed by atoms with E-state index < -0.39 is 4.92 Å². The summed E-state index contributed by atoms with van der Waals surface area (Å²) in [5.41, 5.74) is 4.86. The number of aldehydes is 1. The molecule has 0 saturated heterocycles. The maximum Gasteiger partial charge on any atom is 0.243 e. The zero-order valence-electron chi connectivity index (χ0n) is 31.0. The van der Waals surface area contributed by atoms with Crippen molar-refractivity contribution in [3.63, 3.8) is 0 Å². The number of carbonyl (C=O) groups excluding carboxylic acids is 2. The molecular weight excluding hydrogens is 611 g/mol. The number of carbonyl (C=O) groups is 2. The second-order valence-electron chi connectivity index (χ2n) is 10.1. The molecular formula is C38H61N3O5S. The SMILES string of the molecule is C#CCC.CC.CC=O.CCC/C=C(\C=C(/C)c1nc(-c2c[nH]c(C)c2/C=C(\C)[N+](=O)[O-])cs1)C(C)=O.CCCCCCOCCC. The van der Waals surface area contributed by atoms with Crippen molar-refractivity contribution in [2.75, 3.05) is 13.2 Å². The van der Waals surface area contributed by atoms with E-state index in [-0.39, 0.29) is 11.5 Å². The number of nitrogens with one attached hydrogen (secondary N) is 1. The van der Waals surface area contributed by atoms with E-state index in [1.165, 1.54) is 50.9 Å². The van der Waals surface area contributed by atoms with Crippen LogP contribution in [0.1, 0.15) is 137 Å². The molecule has 2 heterocycles. The second-order valence-corrected chi connectivity index (χ2v) is 11.0. The lowest BCUT2D eigenvalue weighted by molar-refractivity contribution is -0.422. The van der Waals surface area contributed by atoms with E-state index in [1.54, 1.807) is 13.0 Å². The summed E-state index contributed by atoms with van der Waals surface area (Å²) in [5, 5.41) is 13.7. The van der Waals surface area contributed by atoms with Gasteiger partial charge in [0.25, 0.3) is 0 Å². The standard InChI is InChI=1S/C21H25N3O3S.C9H20O.C4H6.C2H4O.C2H6/c1-6-7-8-17(16(5)25)9-13(2)21-23-20(12-28-21)19-11-22-15(4)18(19)10-14(3)24(26)27;1-3-5-6-7-9-10-8-4-2;1-3-4-2;1-2-3;1-2/h8-12,22H,6-7H2,1-5H3;3-9H2,1-2H3;1H,4H2,2H3;2H,1H3;1-2H3/b13-9+,14-10+,17-8+;;;;. The highest BCUT2D eigenvalue weighted by Crippen LogP contribution is 2.31. The molecule has 0 spiro atoms. The van der Waals surface area contributed by atoms with Gasteiger partial charge in [-0.15, -0.1) is 23.7 Å². The lowest BCUT2D eigenvalue weighted by Crippen LogP contribution is -1.95. The predicted octanol–water partition coefficient (Wildman–Crippen LogP) is 11.1. The maximum absolute atomic E-state index is 11.9. The van der Waals surface area contributed by atoms with E-state index in [1.807, 2.05) is 58.3 Å². The highest BCUT2D eigenvalue weighted by atomic mass is 32.1. The maximum atomic E-state index is 11.9. The monoisotopic (exact) mass is 671 g/mol. The minimum Gasteiger partial charge on any atom is -0.381 e. The number of terminal acetylenes is 1. The van der Waals surface area contributed by atoms with Crippen LogP contribution in [-0.4, -0.2) is 40.2 Å². The number of aryl methyl sites for hydroxylation is 1. The van der Waals surface area contributed by atoms with Gasteiger partial charge >= 0.3 is 0 Å². The first-order valence-corrected chi connectivity index (χ1v) is 17.6. The molecule has 2 aromatic heterocycles. The third-order valence-corrected chi connectivity index (χ3v) is 6.99. The van der Waals surface area contributed by atoms with Crippen LogP contribution in [0.5, 0.6) is 0 Å². The summed E-state index contributed by atoms with van der Waals surface area (Å²) in [4.78, 5) is 39.1. The van der Waals surface area contributed by atoms with Gasteiger partial charge in [0.2, 0.25) is 5.70 Å². The van der Waals surface area contributed by atoms with Gasteiger partial charge in [0, 0.05) is 66.6 Å². The minimum atomic E-state index is -0.401. The van der Waals surface area contributed by atoms with Crippen molar-refractivity contribution in [1.29, 1.82) is 0 Å². The normalized spacial score (nSPS) is 10.8. The lowest BCUT2D eigenvalue weighted by Gasteiger charge is -2.01. The molecule has 0 aliphatic heterocycles. The first-order chi connectivity index (χ1) is 22.5. The van der Waals surface area contributed by atoms with Gasteiger partial charge in [0.15, 0.2) is 5.78 Å². The van der Waals surface area contributed by atoms with Gasteiger partial charge < -0.3 is 14.5 Å². The number of Topliss-reactive ketones (excluding diaryl/α,β-unsaturated/α-hetero) is 1. The summed E-state index contributed by atoms with van der Waals surface area (Å²) >= 11 is 1.49. The average Bonchev–Trinajstić information content (AvgIpc) is 3.69. The Hall–Kier alpha value is -3.61. The summed E-state index contributed by atoms with van der Waals surface area (Å²) in [6.07, 6.45) is 21.8. The van der Waals surface area contributed by atoms with E-state index in [2.05, 4.69) is 31.7 Å². The van der Waals surface area contributed by atoms with Crippen molar-refractivity contribution in [2.24, 2.45) is 0 Å². The summed E-state index contributed by atoms with van der Waals surface area (Å²) in [6, 6.07) is 0. The minimum absolute atomic E-state index is 0.0357. The molecule has 0 bridgehead atoms. The molecule has 9 heteroatoms. The van der Waals surface area contributed by atoms with Crippen LogP contribution in [0.3, 0.4) is 0 Å². The van der Waals surface area contributed by atoms with Gasteiger partial charge in [-0.3, -0.25) is 14.9 Å². The molecule has 0 atom stereocenters. The Morgan fingerprint density at radius 1 is 1.09 bits per heavy atom. The fourth-order valence-corrected chi connectivity index (χ4v) is 4.35. The molecule has 2 rings (SSSR count). The Labute approximate surface area is 289 Å². The van der Waals surface area contributed by atoms with Crippen molar-refractivity contribution >= 4 is 35.1 Å². The molecule has 0 aromatic carbocycles. The Morgan fingerprint density at radius 2 is 1.70 bits per heavy atom. The molecule has 0 aliphatic carbocycles. The van der Waals surface area contributed by atoms with Gasteiger partial charge in [-0.05, 0) is 58.6 Å². The Morgan fingerprint density at radius 3 is 2.19 bits per heavy atom. The molecule has 2 aromatic rings. The van der Waals surface area contributed by atoms with Crippen molar-refractivity contribution in [3.8, 4) is 23.6 Å². The summed E-state index contributed by atoms with van der Waals surface area (Å²) in [5.74, 6) is 2.47. The van der Waals surface area contributed by atoms with E-state index in [0.29, 0.717) is 5.57 Å². The summed E-state index contributed by atoms with van der Waals surface area (Å²) in [6.45, 7) is 22.6. The zero-order valence-corrected chi connectivity index (χ0v) is 31.8. The highest BCUT2D eigenvalue weighted by molar-refractivity contribution is 7.11. The number of ketones is 1. The number of hydrogen-bond acceptors (Lipinski definition) is 7. The molecule has 0 aliphatic rings. The molecule has 1 N–H and O–H groups in total. The van der Waals surface area contributed by atoms with Gasteiger partial charge in [-0.1, -0.05) is 73.3 Å². The Bertz CT molecular complexity index is 1250. The number of ether oxygens (including phenoxy) is 1. The van der Waals surface area contributed by atoms with Crippen LogP contribution in [0.25, 0.3) is 22.9 Å². The fraction of sp³-hybridized carbons (Fsp3) is 0.553. The molecule has 0 amide bonds. The lowest BCUT2D eigenvalue weighted by atomic mass is 10.1. The third kappa shape index (κ3) is 23.4. The van der Waals surface area contributed by atoms with Gasteiger partial charge in [0.05, 0.1) is 10.6 Å². The number of nitrogens with zero attached hydrogens (tertiary/aromatic N) is 2. The number of rotatable bonds is 15. The van der Waals surface area contributed by atoms with Crippen LogP contribution in [0, 0.1) is 29.4 Å². The molecule has 0 unspecified atom stereocenters. The third-order valence-electron chi connectivity index (χ3n) is 6.01.